The minimum atomic E-state index is -4.48. The van der Waals surface area contributed by atoms with Gasteiger partial charge in [0.25, 0.3) is 0 Å². The maximum Gasteiger partial charge on any atom is 0.418 e. The van der Waals surface area contributed by atoms with E-state index in [1.165, 1.54) is 18.2 Å². The molecule has 1 aromatic carbocycles. The van der Waals surface area contributed by atoms with Gasteiger partial charge in [-0.15, -0.1) is 0 Å². The number of nitrogens with one attached hydrogen (secondary N) is 2. The standard InChI is InChI=1S/C15H19F3N2O/c1-10-6-2-4-8-12(10)19-14(21)20-13-9-5-3-7-11(13)15(16,17)18/h3,5,7,9-10,12H,2,4,6,8H2,1H3,(H2,19,20,21)/t10-,12-/m1/s1. The van der Waals surface area contributed by atoms with Crippen molar-refractivity contribution >= 4 is 11.7 Å². The van der Waals surface area contributed by atoms with Gasteiger partial charge in [0, 0.05) is 6.04 Å². The van der Waals surface area contributed by atoms with Gasteiger partial charge in [0.15, 0.2) is 0 Å². The maximum atomic E-state index is 12.8. The van der Waals surface area contributed by atoms with Gasteiger partial charge in [0.2, 0.25) is 0 Å². The molecule has 2 N–H and O–H groups in total. The summed E-state index contributed by atoms with van der Waals surface area (Å²) in [4.78, 5) is 11.9. The average molecular weight is 300 g/mol. The van der Waals surface area contributed by atoms with Crippen LogP contribution >= 0.6 is 0 Å². The van der Waals surface area contributed by atoms with E-state index in [2.05, 4.69) is 10.6 Å². The molecule has 2 amide bonds. The molecule has 2 atom stereocenters. The third-order valence-corrected chi connectivity index (χ3v) is 3.91. The molecular weight excluding hydrogens is 281 g/mol. The Labute approximate surface area is 121 Å². The number of hydrogen-bond acceptors (Lipinski definition) is 1. The lowest BCUT2D eigenvalue weighted by molar-refractivity contribution is -0.136. The van der Waals surface area contributed by atoms with Crippen molar-refractivity contribution in [3.8, 4) is 0 Å². The van der Waals surface area contributed by atoms with Crippen LogP contribution < -0.4 is 10.6 Å². The first-order valence-corrected chi connectivity index (χ1v) is 7.11. The molecule has 116 valence electrons. The summed E-state index contributed by atoms with van der Waals surface area (Å²) in [7, 11) is 0. The van der Waals surface area contributed by atoms with Crippen LogP contribution in [-0.4, -0.2) is 12.1 Å². The largest absolute Gasteiger partial charge is 0.418 e. The van der Waals surface area contributed by atoms with Crippen molar-refractivity contribution in [2.24, 2.45) is 5.92 Å². The molecule has 1 saturated carbocycles. The molecule has 1 aliphatic carbocycles. The lowest BCUT2D eigenvalue weighted by atomic mass is 9.86. The van der Waals surface area contributed by atoms with Crippen LogP contribution in [-0.2, 0) is 6.18 Å². The summed E-state index contributed by atoms with van der Waals surface area (Å²) in [5, 5.41) is 5.09. The molecule has 0 saturated heterocycles. The Morgan fingerprint density at radius 1 is 1.19 bits per heavy atom. The van der Waals surface area contributed by atoms with Crippen LogP contribution in [0.2, 0.25) is 0 Å². The molecule has 21 heavy (non-hydrogen) atoms. The van der Waals surface area contributed by atoms with E-state index in [1.54, 1.807) is 0 Å². The van der Waals surface area contributed by atoms with Gasteiger partial charge in [-0.05, 0) is 30.9 Å². The number of para-hydroxylation sites is 1. The molecule has 0 unspecified atom stereocenters. The zero-order chi connectivity index (χ0) is 15.5. The van der Waals surface area contributed by atoms with Crippen LogP contribution in [0.3, 0.4) is 0 Å². The van der Waals surface area contributed by atoms with Crippen molar-refractivity contribution in [3.63, 3.8) is 0 Å². The van der Waals surface area contributed by atoms with Crippen molar-refractivity contribution < 1.29 is 18.0 Å². The predicted molar refractivity (Wildman–Crippen MR) is 75.0 cm³/mol. The molecule has 1 fully saturated rings. The highest BCUT2D eigenvalue weighted by Crippen LogP contribution is 2.34. The zero-order valence-electron chi connectivity index (χ0n) is 11.8. The summed E-state index contributed by atoms with van der Waals surface area (Å²) in [6, 6.07) is 4.43. The monoisotopic (exact) mass is 300 g/mol. The first-order chi connectivity index (χ1) is 9.88. The van der Waals surface area contributed by atoms with Gasteiger partial charge in [0.05, 0.1) is 11.3 Å². The normalized spacial score (nSPS) is 22.7. The van der Waals surface area contributed by atoms with Crippen LogP contribution in [0, 0.1) is 5.92 Å². The SMILES string of the molecule is C[C@@H]1CCCC[C@H]1NC(=O)Nc1ccccc1C(F)(F)F. The molecule has 1 aromatic rings. The van der Waals surface area contributed by atoms with Gasteiger partial charge in [0.1, 0.15) is 0 Å². The Morgan fingerprint density at radius 2 is 1.86 bits per heavy atom. The van der Waals surface area contributed by atoms with E-state index >= 15 is 0 Å². The Morgan fingerprint density at radius 3 is 2.52 bits per heavy atom. The number of carbonyl (C=O) groups excluding carboxylic acids is 1. The van der Waals surface area contributed by atoms with E-state index in [0.29, 0.717) is 5.92 Å². The van der Waals surface area contributed by atoms with Gasteiger partial charge in [-0.25, -0.2) is 4.79 Å². The molecule has 3 nitrogen and oxygen atoms in total. The topological polar surface area (TPSA) is 41.1 Å². The van der Waals surface area contributed by atoms with Crippen LogP contribution in [0.4, 0.5) is 23.7 Å². The first kappa shape index (κ1) is 15.7. The van der Waals surface area contributed by atoms with Gasteiger partial charge >= 0.3 is 12.2 Å². The lowest BCUT2D eigenvalue weighted by Gasteiger charge is -2.29. The van der Waals surface area contributed by atoms with Gasteiger partial charge in [-0.2, -0.15) is 13.2 Å². The zero-order valence-corrected chi connectivity index (χ0v) is 11.8. The number of hydrogen-bond donors (Lipinski definition) is 2. The lowest BCUT2D eigenvalue weighted by Crippen LogP contribution is -2.43. The third kappa shape index (κ3) is 4.12. The number of alkyl halides is 3. The number of benzene rings is 1. The highest BCUT2D eigenvalue weighted by Gasteiger charge is 2.33. The molecule has 0 spiro atoms. The van der Waals surface area contributed by atoms with Gasteiger partial charge in [-0.3, -0.25) is 0 Å². The Balaban J connectivity index is 2.03. The molecular formula is C15H19F3N2O. The second-order valence-corrected chi connectivity index (χ2v) is 5.51. The molecule has 0 radical (unpaired) electrons. The number of carbonyl (C=O) groups is 1. The summed E-state index contributed by atoms with van der Waals surface area (Å²) >= 11 is 0. The number of halogens is 3. The molecule has 0 heterocycles. The summed E-state index contributed by atoms with van der Waals surface area (Å²) in [5.74, 6) is 0.349. The average Bonchev–Trinajstić information content (AvgIpc) is 2.41. The second kappa shape index (κ2) is 6.37. The summed E-state index contributed by atoms with van der Waals surface area (Å²) < 4.78 is 38.5. The van der Waals surface area contributed by atoms with Crippen LogP contribution in [0.5, 0.6) is 0 Å². The number of urea groups is 1. The smallest absolute Gasteiger partial charge is 0.335 e. The van der Waals surface area contributed by atoms with Crippen LogP contribution in [0.1, 0.15) is 38.2 Å². The molecule has 0 aliphatic heterocycles. The fourth-order valence-corrected chi connectivity index (χ4v) is 2.70. The molecule has 2 rings (SSSR count). The van der Waals surface area contributed by atoms with E-state index < -0.39 is 17.8 Å². The molecule has 0 bridgehead atoms. The van der Waals surface area contributed by atoms with Crippen molar-refractivity contribution in [1.82, 2.24) is 5.32 Å². The van der Waals surface area contributed by atoms with Gasteiger partial charge in [-0.1, -0.05) is 31.9 Å². The number of anilines is 1. The summed E-state index contributed by atoms with van der Waals surface area (Å²) in [6.07, 6.45) is -0.409. The fraction of sp³-hybridized carbons (Fsp3) is 0.533. The van der Waals surface area contributed by atoms with E-state index in [4.69, 9.17) is 0 Å². The van der Waals surface area contributed by atoms with E-state index in [1.807, 2.05) is 6.92 Å². The van der Waals surface area contributed by atoms with E-state index in [9.17, 15) is 18.0 Å². The summed E-state index contributed by atoms with van der Waals surface area (Å²) in [6.45, 7) is 2.05. The van der Waals surface area contributed by atoms with Crippen molar-refractivity contribution in [3.05, 3.63) is 29.8 Å². The van der Waals surface area contributed by atoms with Crippen molar-refractivity contribution in [2.45, 2.75) is 44.8 Å². The van der Waals surface area contributed by atoms with Crippen molar-refractivity contribution in [2.75, 3.05) is 5.32 Å². The quantitative estimate of drug-likeness (QED) is 0.834. The first-order valence-electron chi connectivity index (χ1n) is 7.11. The second-order valence-electron chi connectivity index (χ2n) is 5.51. The van der Waals surface area contributed by atoms with Crippen LogP contribution in [0.25, 0.3) is 0 Å². The third-order valence-electron chi connectivity index (χ3n) is 3.91. The Hall–Kier alpha value is -1.72. The fourth-order valence-electron chi connectivity index (χ4n) is 2.70. The Kier molecular flexibility index (Phi) is 4.75. The molecule has 6 heteroatoms. The minimum Gasteiger partial charge on any atom is -0.335 e. The molecule has 0 aromatic heterocycles. The van der Waals surface area contributed by atoms with Gasteiger partial charge < -0.3 is 10.6 Å². The number of rotatable bonds is 2. The summed E-state index contributed by atoms with van der Waals surface area (Å²) in [5.41, 5.74) is -1.05. The predicted octanol–water partition coefficient (Wildman–Crippen LogP) is 4.41. The highest BCUT2D eigenvalue weighted by atomic mass is 19.4. The van der Waals surface area contributed by atoms with E-state index in [-0.39, 0.29) is 11.7 Å². The Bertz CT molecular complexity index is 502. The minimum absolute atomic E-state index is 0.0248. The van der Waals surface area contributed by atoms with Crippen LogP contribution in [0.15, 0.2) is 24.3 Å². The number of amides is 2. The highest BCUT2D eigenvalue weighted by molar-refractivity contribution is 5.90. The van der Waals surface area contributed by atoms with Crippen molar-refractivity contribution in [1.29, 1.82) is 0 Å². The van der Waals surface area contributed by atoms with E-state index in [0.717, 1.165) is 31.7 Å². The maximum absolute atomic E-state index is 12.8. The molecule has 1 aliphatic rings.